The second-order valence-electron chi connectivity index (χ2n) is 4.59. The molecule has 0 bridgehead atoms. The summed E-state index contributed by atoms with van der Waals surface area (Å²) >= 11 is 7.80. The van der Waals surface area contributed by atoms with Crippen molar-refractivity contribution in [3.8, 4) is 0 Å². The molecule has 5 heteroatoms. The van der Waals surface area contributed by atoms with E-state index in [1.54, 1.807) is 11.3 Å². The second-order valence-corrected chi connectivity index (χ2v) is 6.04. The fourth-order valence-corrected chi connectivity index (χ4v) is 3.39. The fourth-order valence-electron chi connectivity index (χ4n) is 2.21. The Hall–Kier alpha value is -0.870. The largest absolute Gasteiger partial charge is 0.356 e. The van der Waals surface area contributed by atoms with Gasteiger partial charge < -0.3 is 4.90 Å². The van der Waals surface area contributed by atoms with E-state index in [4.69, 9.17) is 11.6 Å². The molecule has 104 valence electrons. The summed E-state index contributed by atoms with van der Waals surface area (Å²) in [4.78, 5) is 13.5. The first-order chi connectivity index (χ1) is 9.19. The number of hydrogen-bond acceptors (Lipinski definition) is 4. The van der Waals surface area contributed by atoms with Gasteiger partial charge in [0.15, 0.2) is 0 Å². The molecule has 0 aliphatic carbocycles. The normalized spacial score (nSPS) is 11.2. The minimum atomic E-state index is 0.351. The van der Waals surface area contributed by atoms with Gasteiger partial charge in [-0.05, 0) is 36.9 Å². The molecule has 0 aliphatic heterocycles. The molecule has 0 radical (unpaired) electrons. The molecule has 2 heterocycles. The Labute approximate surface area is 123 Å². The third-order valence-electron chi connectivity index (χ3n) is 3.03. The van der Waals surface area contributed by atoms with Crippen LogP contribution in [0.15, 0.2) is 6.07 Å². The van der Waals surface area contributed by atoms with Crippen LogP contribution in [0.1, 0.15) is 38.5 Å². The zero-order valence-electron chi connectivity index (χ0n) is 11.7. The summed E-state index contributed by atoms with van der Waals surface area (Å²) in [5.41, 5.74) is 0. The fraction of sp³-hybridized carbons (Fsp3) is 0.571. The second kappa shape index (κ2) is 6.53. The van der Waals surface area contributed by atoms with E-state index in [1.807, 2.05) is 0 Å². The lowest BCUT2D eigenvalue weighted by molar-refractivity contribution is 0.736. The lowest BCUT2D eigenvalue weighted by Crippen LogP contribution is -2.26. The van der Waals surface area contributed by atoms with Crippen LogP contribution in [0.5, 0.6) is 0 Å². The maximum atomic E-state index is 6.08. The summed E-state index contributed by atoms with van der Waals surface area (Å²) in [6.07, 6.45) is 3.24. The SMILES string of the molecule is CCCN(CCC)c1nc(Cl)nc2sc(CC)cc12. The summed E-state index contributed by atoms with van der Waals surface area (Å²) in [6.45, 7) is 8.55. The number of halogens is 1. The van der Waals surface area contributed by atoms with Crippen molar-refractivity contribution < 1.29 is 0 Å². The summed E-state index contributed by atoms with van der Waals surface area (Å²) in [7, 11) is 0. The van der Waals surface area contributed by atoms with Crippen LogP contribution in [0.4, 0.5) is 5.82 Å². The number of anilines is 1. The minimum absolute atomic E-state index is 0.351. The molecular formula is C14H20ClN3S. The van der Waals surface area contributed by atoms with Gasteiger partial charge >= 0.3 is 0 Å². The highest BCUT2D eigenvalue weighted by Gasteiger charge is 2.15. The van der Waals surface area contributed by atoms with E-state index < -0.39 is 0 Å². The number of hydrogen-bond donors (Lipinski definition) is 0. The van der Waals surface area contributed by atoms with Crippen LogP contribution in [0, 0.1) is 0 Å². The van der Waals surface area contributed by atoms with Crippen LogP contribution >= 0.6 is 22.9 Å². The third kappa shape index (κ3) is 3.18. The van der Waals surface area contributed by atoms with Crippen molar-refractivity contribution in [2.24, 2.45) is 0 Å². The molecule has 3 nitrogen and oxygen atoms in total. The molecule has 2 aromatic heterocycles. The van der Waals surface area contributed by atoms with E-state index in [9.17, 15) is 0 Å². The first kappa shape index (κ1) is 14.5. The van der Waals surface area contributed by atoms with E-state index in [2.05, 4.69) is 41.7 Å². The molecule has 0 saturated heterocycles. The number of aromatic nitrogens is 2. The van der Waals surface area contributed by atoms with Gasteiger partial charge in [-0.1, -0.05) is 20.8 Å². The molecule has 0 aliphatic rings. The van der Waals surface area contributed by atoms with Gasteiger partial charge in [0.05, 0.1) is 5.39 Å². The summed E-state index contributed by atoms with van der Waals surface area (Å²) in [5, 5.41) is 1.50. The van der Waals surface area contributed by atoms with Gasteiger partial charge in [0.2, 0.25) is 5.28 Å². The van der Waals surface area contributed by atoms with Gasteiger partial charge in [-0.25, -0.2) is 4.98 Å². The molecule has 0 saturated carbocycles. The molecule has 0 fully saturated rings. The number of thiophene rings is 1. The minimum Gasteiger partial charge on any atom is -0.356 e. The van der Waals surface area contributed by atoms with Gasteiger partial charge in [-0.2, -0.15) is 4.98 Å². The number of rotatable bonds is 6. The van der Waals surface area contributed by atoms with Crippen molar-refractivity contribution in [3.05, 3.63) is 16.2 Å². The lowest BCUT2D eigenvalue weighted by Gasteiger charge is -2.23. The predicted octanol–water partition coefficient (Wildman–Crippen LogP) is 4.53. The average molecular weight is 298 g/mol. The van der Waals surface area contributed by atoms with Crippen LogP contribution in [-0.2, 0) is 6.42 Å². The summed E-state index contributed by atoms with van der Waals surface area (Å²) < 4.78 is 0. The van der Waals surface area contributed by atoms with E-state index in [1.165, 1.54) is 4.88 Å². The quantitative estimate of drug-likeness (QED) is 0.733. The molecular weight excluding hydrogens is 278 g/mol. The Balaban J connectivity index is 2.52. The van der Waals surface area contributed by atoms with Crippen molar-refractivity contribution in [1.82, 2.24) is 9.97 Å². The maximum Gasteiger partial charge on any atom is 0.225 e. The van der Waals surface area contributed by atoms with Crippen LogP contribution in [0.25, 0.3) is 10.2 Å². The number of aryl methyl sites for hydroxylation is 1. The van der Waals surface area contributed by atoms with Crippen molar-refractivity contribution in [1.29, 1.82) is 0 Å². The van der Waals surface area contributed by atoms with E-state index >= 15 is 0 Å². The molecule has 0 N–H and O–H groups in total. The van der Waals surface area contributed by atoms with Crippen molar-refractivity contribution in [2.75, 3.05) is 18.0 Å². The Bertz CT molecular complexity index is 547. The van der Waals surface area contributed by atoms with Gasteiger partial charge in [0.1, 0.15) is 10.6 Å². The standard InChI is InChI=1S/C14H20ClN3S/c1-4-7-18(8-5-2)12-11-9-10(6-3)19-13(11)17-14(15)16-12/h9H,4-8H2,1-3H3. The molecule has 0 atom stereocenters. The molecule has 0 aromatic carbocycles. The van der Waals surface area contributed by atoms with Crippen molar-refractivity contribution in [2.45, 2.75) is 40.0 Å². The first-order valence-electron chi connectivity index (χ1n) is 6.90. The highest BCUT2D eigenvalue weighted by Crippen LogP contribution is 2.32. The lowest BCUT2D eigenvalue weighted by atomic mass is 10.2. The van der Waals surface area contributed by atoms with Crippen molar-refractivity contribution in [3.63, 3.8) is 0 Å². The Morgan fingerprint density at radius 3 is 2.42 bits per heavy atom. The van der Waals surface area contributed by atoms with Crippen LogP contribution in [-0.4, -0.2) is 23.1 Å². The molecule has 0 unspecified atom stereocenters. The number of nitrogens with zero attached hydrogens (tertiary/aromatic N) is 3. The van der Waals surface area contributed by atoms with Crippen LogP contribution < -0.4 is 4.90 Å². The molecule has 19 heavy (non-hydrogen) atoms. The van der Waals surface area contributed by atoms with Gasteiger partial charge in [0, 0.05) is 18.0 Å². The smallest absolute Gasteiger partial charge is 0.225 e. The van der Waals surface area contributed by atoms with Crippen LogP contribution in [0.3, 0.4) is 0 Å². The Morgan fingerprint density at radius 2 is 1.84 bits per heavy atom. The zero-order valence-corrected chi connectivity index (χ0v) is 13.3. The van der Waals surface area contributed by atoms with Crippen LogP contribution in [0.2, 0.25) is 5.28 Å². The van der Waals surface area contributed by atoms with Gasteiger partial charge in [-0.3, -0.25) is 0 Å². The average Bonchev–Trinajstić information content (AvgIpc) is 2.80. The first-order valence-corrected chi connectivity index (χ1v) is 8.09. The molecule has 2 aromatic rings. The highest BCUT2D eigenvalue weighted by molar-refractivity contribution is 7.18. The van der Waals surface area contributed by atoms with Crippen molar-refractivity contribution >= 4 is 39.0 Å². The Morgan fingerprint density at radius 1 is 1.16 bits per heavy atom. The third-order valence-corrected chi connectivity index (χ3v) is 4.37. The molecule has 0 amide bonds. The van der Waals surface area contributed by atoms with Gasteiger partial charge in [-0.15, -0.1) is 11.3 Å². The zero-order chi connectivity index (χ0) is 13.8. The number of fused-ring (bicyclic) bond motifs is 1. The highest BCUT2D eigenvalue weighted by atomic mass is 35.5. The summed E-state index contributed by atoms with van der Waals surface area (Å²) in [5.74, 6) is 0.995. The van der Waals surface area contributed by atoms with E-state index in [-0.39, 0.29) is 0 Å². The topological polar surface area (TPSA) is 29.0 Å². The van der Waals surface area contributed by atoms with E-state index in [0.717, 1.165) is 48.4 Å². The predicted molar refractivity (Wildman–Crippen MR) is 84.6 cm³/mol. The van der Waals surface area contributed by atoms with E-state index in [0.29, 0.717) is 5.28 Å². The molecule has 2 rings (SSSR count). The maximum absolute atomic E-state index is 6.08. The van der Waals surface area contributed by atoms with Gasteiger partial charge in [0.25, 0.3) is 0 Å². The summed E-state index contributed by atoms with van der Waals surface area (Å²) in [6, 6.07) is 2.21. The molecule has 0 spiro atoms. The monoisotopic (exact) mass is 297 g/mol. The Kier molecular flexibility index (Phi) is 4.99.